The fraction of sp³-hybridized carbons (Fsp3) is 0.667. The van der Waals surface area contributed by atoms with Crippen molar-refractivity contribution in [3.8, 4) is 0 Å². The summed E-state index contributed by atoms with van der Waals surface area (Å²) >= 11 is 5.97. The van der Waals surface area contributed by atoms with Crippen molar-refractivity contribution in [2.24, 2.45) is 0 Å². The van der Waals surface area contributed by atoms with Crippen LogP contribution in [0, 0.1) is 13.8 Å². The number of likely N-dealkylation sites (N-methyl/N-ethyl adjacent to an activating group) is 1. The molecule has 0 amide bonds. The Morgan fingerprint density at radius 3 is 2.53 bits per heavy atom. The van der Waals surface area contributed by atoms with Gasteiger partial charge in [0.2, 0.25) is 0 Å². The summed E-state index contributed by atoms with van der Waals surface area (Å²) in [5, 5.41) is 8.76. The molecule has 0 spiro atoms. The molecule has 0 radical (unpaired) electrons. The Morgan fingerprint density at radius 1 is 1.24 bits per heavy atom. The van der Waals surface area contributed by atoms with Crippen LogP contribution in [0.1, 0.15) is 17.5 Å². The summed E-state index contributed by atoms with van der Waals surface area (Å²) < 4.78 is 0. The van der Waals surface area contributed by atoms with Crippen molar-refractivity contribution in [2.45, 2.75) is 26.3 Å². The van der Waals surface area contributed by atoms with Gasteiger partial charge in [0.25, 0.3) is 0 Å². The topological polar surface area (TPSA) is 32.3 Å². The maximum atomic E-state index is 5.97. The third kappa shape index (κ3) is 2.38. The zero-order chi connectivity index (χ0) is 12.6. The molecule has 1 aromatic rings. The van der Waals surface area contributed by atoms with Crippen LogP contribution in [0.3, 0.4) is 0 Å². The van der Waals surface area contributed by atoms with Crippen molar-refractivity contribution in [3.05, 3.63) is 16.3 Å². The second-order valence-electron chi connectivity index (χ2n) is 4.92. The van der Waals surface area contributed by atoms with Gasteiger partial charge in [-0.3, -0.25) is 0 Å². The average molecular weight is 255 g/mol. The minimum absolute atomic E-state index is 0.509. The highest BCUT2D eigenvalue weighted by Crippen LogP contribution is 2.27. The van der Waals surface area contributed by atoms with Crippen LogP contribution in [0.4, 0.5) is 5.82 Å². The van der Waals surface area contributed by atoms with Crippen molar-refractivity contribution in [1.29, 1.82) is 0 Å². The highest BCUT2D eigenvalue weighted by Gasteiger charge is 2.26. The van der Waals surface area contributed by atoms with E-state index >= 15 is 0 Å². The van der Waals surface area contributed by atoms with Gasteiger partial charge in [0, 0.05) is 19.1 Å². The van der Waals surface area contributed by atoms with Crippen LogP contribution in [0.25, 0.3) is 0 Å². The highest BCUT2D eigenvalue weighted by atomic mass is 35.5. The molecule has 0 N–H and O–H groups in total. The molecule has 2 heterocycles. The van der Waals surface area contributed by atoms with E-state index in [1.165, 1.54) is 6.42 Å². The molecule has 5 heteroatoms. The molecule has 0 aromatic carbocycles. The third-order valence-electron chi connectivity index (χ3n) is 3.63. The molecule has 94 valence electrons. The number of hydrogen-bond donors (Lipinski definition) is 0. The van der Waals surface area contributed by atoms with Crippen molar-refractivity contribution in [1.82, 2.24) is 15.1 Å². The van der Waals surface area contributed by atoms with Crippen LogP contribution in [-0.4, -0.2) is 48.3 Å². The summed E-state index contributed by atoms with van der Waals surface area (Å²) in [5.74, 6) is 0.983. The molecule has 4 nitrogen and oxygen atoms in total. The second kappa shape index (κ2) is 4.78. The molecule has 0 saturated carbocycles. The fourth-order valence-corrected chi connectivity index (χ4v) is 2.40. The molecule has 0 bridgehead atoms. The molecule has 1 aromatic heterocycles. The smallest absolute Gasteiger partial charge is 0.155 e. The second-order valence-corrected chi connectivity index (χ2v) is 5.27. The van der Waals surface area contributed by atoms with Crippen LogP contribution < -0.4 is 4.90 Å². The minimum Gasteiger partial charge on any atom is -0.353 e. The summed E-state index contributed by atoms with van der Waals surface area (Å²) in [7, 11) is 4.25. The molecular formula is C12H19ClN4. The van der Waals surface area contributed by atoms with Gasteiger partial charge in [-0.25, -0.2) is 0 Å². The lowest BCUT2D eigenvalue weighted by Crippen LogP contribution is -2.32. The summed E-state index contributed by atoms with van der Waals surface area (Å²) in [6, 6.07) is 0.604. The summed E-state index contributed by atoms with van der Waals surface area (Å²) in [5.41, 5.74) is 2.18. The van der Waals surface area contributed by atoms with E-state index in [0.29, 0.717) is 11.2 Å². The Hall–Kier alpha value is -0.870. The van der Waals surface area contributed by atoms with Crippen molar-refractivity contribution in [2.75, 3.05) is 32.1 Å². The third-order valence-corrected chi connectivity index (χ3v) is 3.99. The monoisotopic (exact) mass is 254 g/mol. The van der Waals surface area contributed by atoms with Crippen LogP contribution in [0.15, 0.2) is 0 Å². The maximum absolute atomic E-state index is 5.97. The van der Waals surface area contributed by atoms with Gasteiger partial charge < -0.3 is 9.80 Å². The number of anilines is 1. The number of rotatable bonds is 2. The summed E-state index contributed by atoms with van der Waals surface area (Å²) in [4.78, 5) is 4.57. The molecule has 1 saturated heterocycles. The van der Waals surface area contributed by atoms with Crippen LogP contribution in [0.2, 0.25) is 5.15 Å². The summed E-state index contributed by atoms with van der Waals surface area (Å²) in [6.45, 7) is 6.12. The van der Waals surface area contributed by atoms with Crippen LogP contribution in [-0.2, 0) is 0 Å². The molecule has 1 unspecified atom stereocenters. The van der Waals surface area contributed by atoms with Gasteiger partial charge in [-0.1, -0.05) is 11.6 Å². The molecule has 1 aliphatic rings. The Bertz CT molecular complexity index is 419. The Balaban J connectivity index is 2.22. The largest absolute Gasteiger partial charge is 0.353 e. The van der Waals surface area contributed by atoms with Crippen LogP contribution in [0.5, 0.6) is 0 Å². The Kier molecular flexibility index (Phi) is 3.54. The number of nitrogens with zero attached hydrogens (tertiary/aromatic N) is 4. The molecular weight excluding hydrogens is 236 g/mol. The lowest BCUT2D eigenvalue weighted by atomic mass is 10.2. The normalized spacial score (nSPS) is 20.4. The first kappa shape index (κ1) is 12.6. The average Bonchev–Trinajstić information content (AvgIpc) is 2.75. The predicted molar refractivity (Wildman–Crippen MR) is 70.8 cm³/mol. The van der Waals surface area contributed by atoms with E-state index in [9.17, 15) is 0 Å². The van der Waals surface area contributed by atoms with Crippen molar-refractivity contribution in [3.63, 3.8) is 0 Å². The quantitative estimate of drug-likeness (QED) is 0.807. The number of halogens is 1. The number of hydrogen-bond acceptors (Lipinski definition) is 4. The van der Waals surface area contributed by atoms with Gasteiger partial charge >= 0.3 is 0 Å². The maximum Gasteiger partial charge on any atom is 0.155 e. The van der Waals surface area contributed by atoms with E-state index in [1.54, 1.807) is 0 Å². The van der Waals surface area contributed by atoms with Crippen molar-refractivity contribution < 1.29 is 0 Å². The summed E-state index contributed by atoms with van der Waals surface area (Å²) in [6.07, 6.45) is 1.18. The van der Waals surface area contributed by atoms with E-state index in [2.05, 4.69) is 41.0 Å². The van der Waals surface area contributed by atoms with E-state index in [4.69, 9.17) is 11.6 Å². The van der Waals surface area contributed by atoms with E-state index in [-0.39, 0.29) is 0 Å². The highest BCUT2D eigenvalue weighted by molar-refractivity contribution is 6.30. The van der Waals surface area contributed by atoms with E-state index in [0.717, 1.165) is 30.0 Å². The van der Waals surface area contributed by atoms with Crippen molar-refractivity contribution >= 4 is 17.4 Å². The van der Waals surface area contributed by atoms with Crippen LogP contribution >= 0.6 is 11.6 Å². The first-order chi connectivity index (χ1) is 8.00. The standard InChI is InChI=1S/C12H19ClN4/c1-8-9(2)12(15-14-11(8)13)17-6-5-10(7-17)16(3)4/h10H,5-7H2,1-4H3. The Labute approximate surface area is 108 Å². The minimum atomic E-state index is 0.509. The first-order valence-electron chi connectivity index (χ1n) is 5.91. The molecule has 0 aliphatic carbocycles. The SMILES string of the molecule is Cc1c(Cl)nnc(N2CCC(N(C)C)C2)c1C. The molecule has 1 aliphatic heterocycles. The van der Waals surface area contributed by atoms with E-state index in [1.807, 2.05) is 6.92 Å². The zero-order valence-corrected chi connectivity index (χ0v) is 11.6. The lowest BCUT2D eigenvalue weighted by molar-refractivity contribution is 0.315. The molecule has 1 fully saturated rings. The molecule has 2 rings (SSSR count). The first-order valence-corrected chi connectivity index (χ1v) is 6.29. The van der Waals surface area contributed by atoms with Gasteiger partial charge in [-0.15, -0.1) is 10.2 Å². The van der Waals surface area contributed by atoms with Gasteiger partial charge in [0.05, 0.1) is 0 Å². The molecule has 1 atom stereocenters. The molecule has 17 heavy (non-hydrogen) atoms. The fourth-order valence-electron chi connectivity index (χ4n) is 2.22. The zero-order valence-electron chi connectivity index (χ0n) is 10.9. The lowest BCUT2D eigenvalue weighted by Gasteiger charge is -2.22. The van der Waals surface area contributed by atoms with Gasteiger partial charge in [0.15, 0.2) is 11.0 Å². The van der Waals surface area contributed by atoms with Gasteiger partial charge in [-0.2, -0.15) is 0 Å². The predicted octanol–water partition coefficient (Wildman–Crippen LogP) is 1.89. The van der Waals surface area contributed by atoms with Gasteiger partial charge in [0.1, 0.15) is 0 Å². The Morgan fingerprint density at radius 2 is 1.94 bits per heavy atom. The number of aromatic nitrogens is 2. The van der Waals surface area contributed by atoms with Gasteiger partial charge in [-0.05, 0) is 45.5 Å². The van der Waals surface area contributed by atoms with E-state index < -0.39 is 0 Å².